The number of benzene rings is 2. The number of aromatic nitrogens is 2. The van der Waals surface area contributed by atoms with Crippen molar-refractivity contribution in [3.63, 3.8) is 0 Å². The van der Waals surface area contributed by atoms with Gasteiger partial charge in [-0.05, 0) is 48.5 Å². The molecule has 0 saturated heterocycles. The average Bonchev–Trinajstić information content (AvgIpc) is 2.97. The van der Waals surface area contributed by atoms with Crippen LogP contribution in [0.5, 0.6) is 5.75 Å². The van der Waals surface area contributed by atoms with Crippen LogP contribution in [0.15, 0.2) is 61.1 Å². The molecule has 0 saturated carbocycles. The van der Waals surface area contributed by atoms with E-state index in [9.17, 15) is 0 Å². The van der Waals surface area contributed by atoms with Crippen molar-refractivity contribution in [1.82, 2.24) is 9.55 Å². The van der Waals surface area contributed by atoms with Gasteiger partial charge in [0.1, 0.15) is 5.75 Å². The van der Waals surface area contributed by atoms with Crippen LogP contribution in [-0.2, 0) is 0 Å². The fourth-order valence-electron chi connectivity index (χ4n) is 2.08. The lowest BCUT2D eigenvalue weighted by atomic mass is 10.1. The van der Waals surface area contributed by atoms with Gasteiger partial charge in [-0.25, -0.2) is 4.98 Å². The van der Waals surface area contributed by atoms with Crippen molar-refractivity contribution in [1.29, 1.82) is 0 Å². The number of rotatable bonds is 3. The summed E-state index contributed by atoms with van der Waals surface area (Å²) in [6.07, 6.45) is 3.64. The first kappa shape index (κ1) is 12.8. The summed E-state index contributed by atoms with van der Waals surface area (Å²) in [5.74, 6) is 0.839. The van der Waals surface area contributed by atoms with Crippen molar-refractivity contribution in [2.75, 3.05) is 7.11 Å². The van der Waals surface area contributed by atoms with Crippen LogP contribution >= 0.6 is 11.6 Å². The second-order valence-electron chi connectivity index (χ2n) is 4.35. The molecule has 0 spiro atoms. The molecule has 0 aliphatic carbocycles. The molecule has 1 heterocycles. The van der Waals surface area contributed by atoms with E-state index in [-0.39, 0.29) is 0 Å². The number of hydrogen-bond donors (Lipinski definition) is 0. The van der Waals surface area contributed by atoms with Crippen molar-refractivity contribution < 1.29 is 4.74 Å². The molecule has 0 bridgehead atoms. The number of nitrogens with zero attached hydrogens (tertiary/aromatic N) is 2. The van der Waals surface area contributed by atoms with Crippen LogP contribution in [0.25, 0.3) is 16.9 Å². The standard InChI is InChI=1S/C16H13ClN2O/c1-20-15-8-2-12(3-9-15)16-10-18-11-19(16)14-6-4-13(17)5-7-14/h2-11H,1H3. The lowest BCUT2D eigenvalue weighted by molar-refractivity contribution is 0.415. The van der Waals surface area contributed by atoms with Gasteiger partial charge in [0.15, 0.2) is 0 Å². The van der Waals surface area contributed by atoms with Gasteiger partial charge in [-0.1, -0.05) is 11.6 Å². The summed E-state index contributed by atoms with van der Waals surface area (Å²) >= 11 is 5.92. The average molecular weight is 285 g/mol. The summed E-state index contributed by atoms with van der Waals surface area (Å²) < 4.78 is 7.20. The minimum Gasteiger partial charge on any atom is -0.497 e. The Morgan fingerprint density at radius 1 is 1.00 bits per heavy atom. The fourth-order valence-corrected chi connectivity index (χ4v) is 2.20. The summed E-state index contributed by atoms with van der Waals surface area (Å²) in [5, 5.41) is 0.722. The van der Waals surface area contributed by atoms with Crippen LogP contribution in [0.3, 0.4) is 0 Å². The summed E-state index contributed by atoms with van der Waals surface area (Å²) in [6.45, 7) is 0. The normalized spacial score (nSPS) is 10.5. The van der Waals surface area contributed by atoms with E-state index in [0.717, 1.165) is 27.7 Å². The van der Waals surface area contributed by atoms with Gasteiger partial charge in [-0.3, -0.25) is 4.57 Å². The van der Waals surface area contributed by atoms with Gasteiger partial charge in [0, 0.05) is 16.3 Å². The predicted octanol–water partition coefficient (Wildman–Crippen LogP) is 4.20. The molecule has 2 aromatic carbocycles. The molecule has 100 valence electrons. The number of imidazole rings is 1. The summed E-state index contributed by atoms with van der Waals surface area (Å²) in [5.41, 5.74) is 3.13. The minimum absolute atomic E-state index is 0.722. The second-order valence-corrected chi connectivity index (χ2v) is 4.79. The third kappa shape index (κ3) is 2.40. The highest BCUT2D eigenvalue weighted by atomic mass is 35.5. The molecule has 0 fully saturated rings. The van der Waals surface area contributed by atoms with E-state index in [2.05, 4.69) is 4.98 Å². The number of ether oxygens (including phenoxy) is 1. The maximum Gasteiger partial charge on any atom is 0.118 e. The quantitative estimate of drug-likeness (QED) is 0.721. The third-order valence-corrected chi connectivity index (χ3v) is 3.38. The van der Waals surface area contributed by atoms with Gasteiger partial charge in [-0.2, -0.15) is 0 Å². The first-order valence-corrected chi connectivity index (χ1v) is 6.58. The van der Waals surface area contributed by atoms with Crippen LogP contribution in [0.1, 0.15) is 0 Å². The van der Waals surface area contributed by atoms with Crippen LogP contribution in [-0.4, -0.2) is 16.7 Å². The zero-order chi connectivity index (χ0) is 13.9. The van der Waals surface area contributed by atoms with E-state index in [0.29, 0.717) is 0 Å². The molecule has 0 atom stereocenters. The number of halogens is 1. The van der Waals surface area contributed by atoms with Crippen molar-refractivity contribution in [3.05, 3.63) is 66.1 Å². The van der Waals surface area contributed by atoms with Crippen LogP contribution in [0, 0.1) is 0 Å². The fraction of sp³-hybridized carbons (Fsp3) is 0.0625. The summed E-state index contributed by atoms with van der Waals surface area (Å²) in [4.78, 5) is 4.24. The first-order chi connectivity index (χ1) is 9.78. The van der Waals surface area contributed by atoms with Gasteiger partial charge < -0.3 is 4.74 Å². The van der Waals surface area contributed by atoms with Crippen LogP contribution in [0.4, 0.5) is 0 Å². The first-order valence-electron chi connectivity index (χ1n) is 6.20. The third-order valence-electron chi connectivity index (χ3n) is 3.13. The molecule has 0 unspecified atom stereocenters. The van der Waals surface area contributed by atoms with E-state index >= 15 is 0 Å². The zero-order valence-corrected chi connectivity index (χ0v) is 11.7. The van der Waals surface area contributed by atoms with Crippen molar-refractivity contribution in [2.24, 2.45) is 0 Å². The monoisotopic (exact) mass is 284 g/mol. The van der Waals surface area contributed by atoms with Crippen molar-refractivity contribution >= 4 is 11.6 Å². The van der Waals surface area contributed by atoms with E-state index < -0.39 is 0 Å². The maximum atomic E-state index is 5.92. The molecule has 3 nitrogen and oxygen atoms in total. The smallest absolute Gasteiger partial charge is 0.118 e. The van der Waals surface area contributed by atoms with Gasteiger partial charge in [0.05, 0.1) is 25.3 Å². The summed E-state index contributed by atoms with van der Waals surface area (Å²) in [6, 6.07) is 15.6. The van der Waals surface area contributed by atoms with Gasteiger partial charge >= 0.3 is 0 Å². The highest BCUT2D eigenvalue weighted by Gasteiger charge is 2.07. The van der Waals surface area contributed by atoms with Crippen molar-refractivity contribution in [3.8, 4) is 22.7 Å². The Kier molecular flexibility index (Phi) is 3.44. The Balaban J connectivity index is 2.02. The topological polar surface area (TPSA) is 27.1 Å². The molecule has 4 heteroatoms. The lowest BCUT2D eigenvalue weighted by Gasteiger charge is -2.09. The van der Waals surface area contributed by atoms with E-state index in [4.69, 9.17) is 16.3 Å². The Labute approximate surface area is 122 Å². The molecule has 3 aromatic rings. The summed E-state index contributed by atoms with van der Waals surface area (Å²) in [7, 11) is 1.66. The molecule has 0 aliphatic heterocycles. The highest BCUT2D eigenvalue weighted by Crippen LogP contribution is 2.25. The van der Waals surface area contributed by atoms with E-state index in [1.807, 2.05) is 59.3 Å². The maximum absolute atomic E-state index is 5.92. The molecule has 20 heavy (non-hydrogen) atoms. The second kappa shape index (κ2) is 5.39. The molecule has 3 rings (SSSR count). The molecule has 0 aliphatic rings. The number of methoxy groups -OCH3 is 1. The Bertz CT molecular complexity index is 702. The van der Waals surface area contributed by atoms with Crippen LogP contribution < -0.4 is 4.74 Å². The molecular formula is C16H13ClN2O. The van der Waals surface area contributed by atoms with E-state index in [1.54, 1.807) is 13.4 Å². The zero-order valence-electron chi connectivity index (χ0n) is 11.0. The van der Waals surface area contributed by atoms with Gasteiger partial charge in [-0.15, -0.1) is 0 Å². The molecule has 0 amide bonds. The van der Waals surface area contributed by atoms with Gasteiger partial charge in [0.25, 0.3) is 0 Å². The van der Waals surface area contributed by atoms with Crippen molar-refractivity contribution in [2.45, 2.75) is 0 Å². The predicted molar refractivity (Wildman–Crippen MR) is 80.6 cm³/mol. The highest BCUT2D eigenvalue weighted by molar-refractivity contribution is 6.30. The molecular weight excluding hydrogens is 272 g/mol. The Morgan fingerprint density at radius 2 is 1.70 bits per heavy atom. The van der Waals surface area contributed by atoms with Crippen LogP contribution in [0.2, 0.25) is 5.02 Å². The number of hydrogen-bond acceptors (Lipinski definition) is 2. The molecule has 1 aromatic heterocycles. The molecule has 0 N–H and O–H groups in total. The molecule has 0 radical (unpaired) electrons. The Hall–Kier alpha value is -2.26. The SMILES string of the molecule is COc1ccc(-c2cncn2-c2ccc(Cl)cc2)cc1. The largest absolute Gasteiger partial charge is 0.497 e. The minimum atomic E-state index is 0.722. The Morgan fingerprint density at radius 3 is 2.35 bits per heavy atom. The van der Waals surface area contributed by atoms with E-state index in [1.165, 1.54) is 0 Å². The van der Waals surface area contributed by atoms with Gasteiger partial charge in [0.2, 0.25) is 0 Å². The lowest BCUT2D eigenvalue weighted by Crippen LogP contribution is -1.94.